The van der Waals surface area contributed by atoms with Crippen LogP contribution < -0.4 is 16.0 Å². The number of anilines is 2. The number of hydrogen-bond donors (Lipinski definition) is 3. The van der Waals surface area contributed by atoms with Crippen LogP contribution in [0, 0.1) is 0 Å². The van der Waals surface area contributed by atoms with E-state index in [0.717, 1.165) is 29.7 Å². The van der Waals surface area contributed by atoms with Crippen LogP contribution in [0.25, 0.3) is 6.08 Å². The second-order valence-electron chi connectivity index (χ2n) is 7.47. The van der Waals surface area contributed by atoms with Crippen molar-refractivity contribution in [2.24, 2.45) is 0 Å². The summed E-state index contributed by atoms with van der Waals surface area (Å²) in [5.74, 6) is -0.354. The predicted molar refractivity (Wildman–Crippen MR) is 125 cm³/mol. The third kappa shape index (κ3) is 5.39. The summed E-state index contributed by atoms with van der Waals surface area (Å²) < 4.78 is 0. The Morgan fingerprint density at radius 1 is 0.903 bits per heavy atom. The van der Waals surface area contributed by atoms with Crippen molar-refractivity contribution in [2.75, 3.05) is 17.2 Å². The number of nitrogens with one attached hydrogen (secondary N) is 3. The van der Waals surface area contributed by atoms with E-state index in [4.69, 9.17) is 0 Å². The average molecular weight is 412 g/mol. The van der Waals surface area contributed by atoms with E-state index in [1.807, 2.05) is 54.6 Å². The monoisotopic (exact) mass is 411 g/mol. The van der Waals surface area contributed by atoms with Crippen LogP contribution >= 0.6 is 0 Å². The Bertz CT molecular complexity index is 1110. The standard InChI is InChI=1S/C26H25N3O2/c30-25(29-22-15-14-20-10-4-5-11-21(20)16-22)18-27-24-13-7-6-12-23(24)26(31)28-17-19-8-2-1-3-9-19/h1-3,5-9,11-16,27H,4,10,17-18H2,(H,28,31)(H,29,30). The van der Waals surface area contributed by atoms with Crippen molar-refractivity contribution in [1.82, 2.24) is 5.32 Å². The molecule has 156 valence electrons. The molecule has 31 heavy (non-hydrogen) atoms. The second kappa shape index (κ2) is 9.76. The normalized spacial score (nSPS) is 12.0. The zero-order valence-corrected chi connectivity index (χ0v) is 17.2. The summed E-state index contributed by atoms with van der Waals surface area (Å²) in [7, 11) is 0. The number of benzene rings is 3. The first kappa shape index (κ1) is 20.4. The fourth-order valence-electron chi connectivity index (χ4n) is 3.59. The van der Waals surface area contributed by atoms with Crippen molar-refractivity contribution in [2.45, 2.75) is 19.4 Å². The van der Waals surface area contributed by atoms with Crippen LogP contribution in [-0.2, 0) is 17.8 Å². The molecule has 0 spiro atoms. The molecule has 0 saturated carbocycles. The Hall–Kier alpha value is -3.86. The van der Waals surface area contributed by atoms with Crippen molar-refractivity contribution in [3.63, 3.8) is 0 Å². The highest BCUT2D eigenvalue weighted by Gasteiger charge is 2.12. The Kier molecular flexibility index (Phi) is 6.43. The number of carbonyl (C=O) groups is 2. The number of fused-ring (bicyclic) bond motifs is 1. The van der Waals surface area contributed by atoms with E-state index in [0.29, 0.717) is 17.8 Å². The zero-order chi connectivity index (χ0) is 21.5. The number of para-hydroxylation sites is 1. The van der Waals surface area contributed by atoms with E-state index in [1.54, 1.807) is 12.1 Å². The number of amides is 2. The molecule has 3 aromatic rings. The molecule has 1 aliphatic carbocycles. The third-order valence-corrected chi connectivity index (χ3v) is 5.21. The van der Waals surface area contributed by atoms with Crippen molar-refractivity contribution >= 4 is 29.3 Å². The molecule has 0 atom stereocenters. The minimum absolute atomic E-state index is 0.0654. The molecule has 0 aromatic heterocycles. The lowest BCUT2D eigenvalue weighted by molar-refractivity contribution is -0.114. The SMILES string of the molecule is O=C(CNc1ccccc1C(=O)NCc1ccccc1)Nc1ccc2c(c1)C=CCC2. The van der Waals surface area contributed by atoms with Gasteiger partial charge in [0.15, 0.2) is 0 Å². The number of aryl methyl sites for hydroxylation is 1. The van der Waals surface area contributed by atoms with Gasteiger partial charge >= 0.3 is 0 Å². The summed E-state index contributed by atoms with van der Waals surface area (Å²) in [6.45, 7) is 0.511. The summed E-state index contributed by atoms with van der Waals surface area (Å²) in [6.07, 6.45) is 6.33. The van der Waals surface area contributed by atoms with Crippen LogP contribution in [-0.4, -0.2) is 18.4 Å². The summed E-state index contributed by atoms with van der Waals surface area (Å²) >= 11 is 0. The lowest BCUT2D eigenvalue weighted by Gasteiger charge is -2.14. The highest BCUT2D eigenvalue weighted by atomic mass is 16.2. The minimum Gasteiger partial charge on any atom is -0.376 e. The maximum absolute atomic E-state index is 12.7. The molecule has 5 heteroatoms. The van der Waals surface area contributed by atoms with Gasteiger partial charge in [0.2, 0.25) is 5.91 Å². The molecule has 0 saturated heterocycles. The molecule has 0 aliphatic heterocycles. The van der Waals surface area contributed by atoms with E-state index in [2.05, 4.69) is 34.2 Å². The molecular weight excluding hydrogens is 386 g/mol. The molecule has 0 unspecified atom stereocenters. The zero-order valence-electron chi connectivity index (χ0n) is 17.2. The molecule has 3 N–H and O–H groups in total. The maximum atomic E-state index is 12.7. The quantitative estimate of drug-likeness (QED) is 0.531. The van der Waals surface area contributed by atoms with Gasteiger partial charge in [0.05, 0.1) is 12.1 Å². The highest BCUT2D eigenvalue weighted by molar-refractivity contribution is 6.01. The smallest absolute Gasteiger partial charge is 0.253 e. The van der Waals surface area contributed by atoms with Crippen LogP contribution in [0.1, 0.15) is 33.5 Å². The van der Waals surface area contributed by atoms with Gasteiger partial charge in [0.25, 0.3) is 5.91 Å². The van der Waals surface area contributed by atoms with Gasteiger partial charge in [-0.15, -0.1) is 0 Å². The summed E-state index contributed by atoms with van der Waals surface area (Å²) in [4.78, 5) is 25.1. The van der Waals surface area contributed by atoms with Gasteiger partial charge in [-0.3, -0.25) is 9.59 Å². The molecule has 0 bridgehead atoms. The van der Waals surface area contributed by atoms with Crippen LogP contribution in [0.5, 0.6) is 0 Å². The maximum Gasteiger partial charge on any atom is 0.253 e. The van der Waals surface area contributed by atoms with Gasteiger partial charge in [-0.25, -0.2) is 0 Å². The van der Waals surface area contributed by atoms with E-state index in [-0.39, 0.29) is 18.4 Å². The molecule has 1 aliphatic rings. The fourth-order valence-corrected chi connectivity index (χ4v) is 3.59. The van der Waals surface area contributed by atoms with Crippen LogP contribution in [0.4, 0.5) is 11.4 Å². The molecule has 0 fully saturated rings. The third-order valence-electron chi connectivity index (χ3n) is 5.21. The van der Waals surface area contributed by atoms with Gasteiger partial charge < -0.3 is 16.0 Å². The molecule has 0 radical (unpaired) electrons. The molecule has 3 aromatic carbocycles. The van der Waals surface area contributed by atoms with Gasteiger partial charge in [0, 0.05) is 17.9 Å². The molecular formula is C26H25N3O2. The molecule has 5 nitrogen and oxygen atoms in total. The van der Waals surface area contributed by atoms with Crippen molar-refractivity contribution in [3.05, 3.63) is 101 Å². The van der Waals surface area contributed by atoms with Crippen LogP contribution in [0.3, 0.4) is 0 Å². The van der Waals surface area contributed by atoms with Gasteiger partial charge in [0.1, 0.15) is 0 Å². The van der Waals surface area contributed by atoms with Gasteiger partial charge in [-0.2, -0.15) is 0 Å². The molecule has 4 rings (SSSR count). The fraction of sp³-hybridized carbons (Fsp3) is 0.154. The largest absolute Gasteiger partial charge is 0.376 e. The Balaban J connectivity index is 1.35. The van der Waals surface area contributed by atoms with E-state index < -0.39 is 0 Å². The minimum atomic E-state index is -0.186. The lowest BCUT2D eigenvalue weighted by atomic mass is 9.97. The first-order valence-corrected chi connectivity index (χ1v) is 10.4. The van der Waals surface area contributed by atoms with E-state index in [1.165, 1.54) is 5.56 Å². The van der Waals surface area contributed by atoms with Gasteiger partial charge in [-0.1, -0.05) is 60.7 Å². The first-order valence-electron chi connectivity index (χ1n) is 10.4. The summed E-state index contributed by atoms with van der Waals surface area (Å²) in [6, 6.07) is 22.9. The van der Waals surface area contributed by atoms with E-state index >= 15 is 0 Å². The summed E-state index contributed by atoms with van der Waals surface area (Å²) in [5.41, 5.74) is 5.37. The Labute approximate surface area is 182 Å². The average Bonchev–Trinajstić information content (AvgIpc) is 2.82. The van der Waals surface area contributed by atoms with Crippen molar-refractivity contribution in [1.29, 1.82) is 0 Å². The lowest BCUT2D eigenvalue weighted by Crippen LogP contribution is -2.26. The first-order chi connectivity index (χ1) is 15.2. The van der Waals surface area contributed by atoms with Crippen LogP contribution in [0.2, 0.25) is 0 Å². The Morgan fingerprint density at radius 2 is 1.71 bits per heavy atom. The topological polar surface area (TPSA) is 70.2 Å². The van der Waals surface area contributed by atoms with E-state index in [9.17, 15) is 9.59 Å². The van der Waals surface area contributed by atoms with Gasteiger partial charge in [-0.05, 0) is 53.8 Å². The summed E-state index contributed by atoms with van der Waals surface area (Å²) in [5, 5.41) is 8.94. The number of hydrogen-bond acceptors (Lipinski definition) is 3. The number of carbonyl (C=O) groups excluding carboxylic acids is 2. The van der Waals surface area contributed by atoms with Crippen LogP contribution in [0.15, 0.2) is 78.9 Å². The molecule has 2 amide bonds. The number of rotatable bonds is 7. The molecule has 0 heterocycles. The predicted octanol–water partition coefficient (Wildman–Crippen LogP) is 4.63. The second-order valence-corrected chi connectivity index (χ2v) is 7.47. The Morgan fingerprint density at radius 3 is 2.58 bits per heavy atom. The van der Waals surface area contributed by atoms with Crippen molar-refractivity contribution in [3.8, 4) is 0 Å². The number of allylic oxidation sites excluding steroid dienone is 1. The highest BCUT2D eigenvalue weighted by Crippen LogP contribution is 2.23. The van der Waals surface area contributed by atoms with Crippen molar-refractivity contribution < 1.29 is 9.59 Å².